The molecule has 0 aromatic rings. The lowest BCUT2D eigenvalue weighted by Crippen LogP contribution is -2.52. The van der Waals surface area contributed by atoms with Crippen molar-refractivity contribution in [1.29, 1.82) is 0 Å². The summed E-state index contributed by atoms with van der Waals surface area (Å²) in [5.41, 5.74) is 6.15. The average Bonchev–Trinajstić information content (AvgIpc) is 2.99. The minimum absolute atomic E-state index is 0. The van der Waals surface area contributed by atoms with Gasteiger partial charge >= 0.3 is 0 Å². The summed E-state index contributed by atoms with van der Waals surface area (Å²) < 4.78 is 11.6. The fourth-order valence-corrected chi connectivity index (χ4v) is 2.86. The Hall–Kier alpha value is -0.0800. The quantitative estimate of drug-likeness (QED) is 0.429. The van der Waals surface area contributed by atoms with E-state index >= 15 is 0 Å². The number of guanidine groups is 1. The molecule has 0 aromatic carbocycles. The number of aliphatic imine (C=N–C) groups is 1. The van der Waals surface area contributed by atoms with Crippen molar-refractivity contribution in [2.75, 3.05) is 26.2 Å². The molecule has 0 spiro atoms. The molecule has 2 aliphatic heterocycles. The van der Waals surface area contributed by atoms with Crippen LogP contribution in [0.4, 0.5) is 0 Å². The summed E-state index contributed by atoms with van der Waals surface area (Å²) in [6.45, 7) is 7.72. The van der Waals surface area contributed by atoms with Crippen LogP contribution in [0.25, 0.3) is 0 Å². The molecule has 5 nitrogen and oxygen atoms in total. The number of hydrogen-bond donors (Lipinski definition) is 1. The molecule has 2 heterocycles. The van der Waals surface area contributed by atoms with Crippen molar-refractivity contribution < 1.29 is 9.47 Å². The predicted molar refractivity (Wildman–Crippen MR) is 96.3 cm³/mol. The first-order chi connectivity index (χ1) is 9.72. The van der Waals surface area contributed by atoms with E-state index in [1.54, 1.807) is 0 Å². The summed E-state index contributed by atoms with van der Waals surface area (Å²) in [5, 5.41) is 0. The van der Waals surface area contributed by atoms with Crippen molar-refractivity contribution in [2.24, 2.45) is 10.7 Å². The molecule has 0 radical (unpaired) electrons. The molecular weight excluding hydrogens is 381 g/mol. The molecule has 0 amide bonds. The lowest BCUT2D eigenvalue weighted by molar-refractivity contribution is -0.0690. The van der Waals surface area contributed by atoms with Crippen molar-refractivity contribution in [1.82, 2.24) is 4.90 Å². The molecule has 3 unspecified atom stereocenters. The SMILES string of the molecule is CCC1CN(C(N)=NCCC2CCCO2)CC(CC)O1.I. The molecule has 0 bridgehead atoms. The molecule has 2 aliphatic rings. The highest BCUT2D eigenvalue weighted by Gasteiger charge is 2.26. The van der Waals surface area contributed by atoms with E-state index in [9.17, 15) is 0 Å². The van der Waals surface area contributed by atoms with Gasteiger partial charge in [-0.15, -0.1) is 24.0 Å². The number of halogens is 1. The van der Waals surface area contributed by atoms with Gasteiger partial charge in [-0.3, -0.25) is 4.99 Å². The lowest BCUT2D eigenvalue weighted by atomic mass is 10.1. The molecule has 0 aromatic heterocycles. The second-order valence-electron chi connectivity index (χ2n) is 5.77. The van der Waals surface area contributed by atoms with Gasteiger partial charge in [-0.25, -0.2) is 0 Å². The minimum atomic E-state index is 0. The Bertz CT molecular complexity index is 310. The third kappa shape index (κ3) is 5.90. The maximum atomic E-state index is 6.15. The van der Waals surface area contributed by atoms with Gasteiger partial charge in [0, 0.05) is 26.2 Å². The molecule has 21 heavy (non-hydrogen) atoms. The first kappa shape index (κ1) is 19.0. The van der Waals surface area contributed by atoms with Gasteiger partial charge in [0.15, 0.2) is 5.96 Å². The van der Waals surface area contributed by atoms with E-state index in [0.717, 1.165) is 45.5 Å². The van der Waals surface area contributed by atoms with Gasteiger partial charge in [0.05, 0.1) is 18.3 Å². The van der Waals surface area contributed by atoms with Crippen LogP contribution in [0.15, 0.2) is 4.99 Å². The van der Waals surface area contributed by atoms with Crippen molar-refractivity contribution >= 4 is 29.9 Å². The van der Waals surface area contributed by atoms with Gasteiger partial charge in [0.1, 0.15) is 0 Å². The van der Waals surface area contributed by atoms with E-state index in [1.807, 2.05) is 0 Å². The largest absolute Gasteiger partial charge is 0.378 e. The topological polar surface area (TPSA) is 60.1 Å². The molecule has 3 atom stereocenters. The number of ether oxygens (including phenoxy) is 2. The smallest absolute Gasteiger partial charge is 0.191 e. The zero-order valence-electron chi connectivity index (χ0n) is 13.3. The van der Waals surface area contributed by atoms with Crippen LogP contribution in [-0.2, 0) is 9.47 Å². The van der Waals surface area contributed by atoms with Crippen LogP contribution in [0, 0.1) is 0 Å². The molecule has 2 rings (SSSR count). The van der Waals surface area contributed by atoms with Crippen LogP contribution in [0.5, 0.6) is 0 Å². The van der Waals surface area contributed by atoms with Gasteiger partial charge in [0.2, 0.25) is 0 Å². The van der Waals surface area contributed by atoms with E-state index in [-0.39, 0.29) is 36.2 Å². The van der Waals surface area contributed by atoms with E-state index in [0.29, 0.717) is 12.1 Å². The summed E-state index contributed by atoms with van der Waals surface area (Å²) in [7, 11) is 0. The van der Waals surface area contributed by atoms with Crippen molar-refractivity contribution in [3.05, 3.63) is 0 Å². The van der Waals surface area contributed by atoms with Crippen LogP contribution in [0.2, 0.25) is 0 Å². The van der Waals surface area contributed by atoms with Crippen molar-refractivity contribution in [2.45, 2.75) is 64.3 Å². The third-order valence-corrected chi connectivity index (χ3v) is 4.22. The molecule has 2 N–H and O–H groups in total. The third-order valence-electron chi connectivity index (χ3n) is 4.22. The van der Waals surface area contributed by atoms with E-state index in [1.165, 1.54) is 12.8 Å². The number of nitrogens with two attached hydrogens (primary N) is 1. The van der Waals surface area contributed by atoms with Crippen LogP contribution in [0.3, 0.4) is 0 Å². The lowest BCUT2D eigenvalue weighted by Gasteiger charge is -2.38. The number of nitrogens with zero attached hydrogens (tertiary/aromatic N) is 2. The maximum Gasteiger partial charge on any atom is 0.191 e. The van der Waals surface area contributed by atoms with Crippen LogP contribution < -0.4 is 5.73 Å². The minimum Gasteiger partial charge on any atom is -0.378 e. The molecule has 0 aliphatic carbocycles. The maximum absolute atomic E-state index is 6.15. The molecule has 6 heteroatoms. The van der Waals surface area contributed by atoms with E-state index in [4.69, 9.17) is 15.2 Å². The first-order valence-corrected chi connectivity index (χ1v) is 8.04. The van der Waals surface area contributed by atoms with E-state index < -0.39 is 0 Å². The highest BCUT2D eigenvalue weighted by molar-refractivity contribution is 14.0. The Morgan fingerprint density at radius 1 is 1.19 bits per heavy atom. The fourth-order valence-electron chi connectivity index (χ4n) is 2.86. The fraction of sp³-hybridized carbons (Fsp3) is 0.933. The van der Waals surface area contributed by atoms with Crippen LogP contribution in [-0.4, -0.2) is 55.4 Å². The molecule has 0 saturated carbocycles. The van der Waals surface area contributed by atoms with Crippen molar-refractivity contribution in [3.63, 3.8) is 0 Å². The standard InChI is InChI=1S/C15H29N3O2.HI/c1-3-12-10-18(11-13(4-2)20-12)15(16)17-8-7-14-6-5-9-19-14;/h12-14H,3-11H2,1-2H3,(H2,16,17);1H. The Morgan fingerprint density at radius 3 is 2.38 bits per heavy atom. The molecule has 124 valence electrons. The summed E-state index contributed by atoms with van der Waals surface area (Å²) in [6.07, 6.45) is 6.34. The number of rotatable bonds is 5. The summed E-state index contributed by atoms with van der Waals surface area (Å²) in [4.78, 5) is 6.72. The molecule has 2 saturated heterocycles. The summed E-state index contributed by atoms with van der Waals surface area (Å²) in [6, 6.07) is 0. The van der Waals surface area contributed by atoms with Gasteiger partial charge in [-0.2, -0.15) is 0 Å². The van der Waals surface area contributed by atoms with Gasteiger partial charge in [-0.1, -0.05) is 13.8 Å². The highest BCUT2D eigenvalue weighted by atomic mass is 127. The predicted octanol–water partition coefficient (Wildman–Crippen LogP) is 2.38. The Balaban J connectivity index is 0.00000220. The number of morpholine rings is 1. The first-order valence-electron chi connectivity index (χ1n) is 8.04. The zero-order chi connectivity index (χ0) is 14.4. The monoisotopic (exact) mass is 411 g/mol. The van der Waals surface area contributed by atoms with Gasteiger partial charge in [-0.05, 0) is 32.1 Å². The van der Waals surface area contributed by atoms with Crippen molar-refractivity contribution in [3.8, 4) is 0 Å². The Labute approximate surface area is 145 Å². The second-order valence-corrected chi connectivity index (χ2v) is 5.77. The summed E-state index contributed by atoms with van der Waals surface area (Å²) >= 11 is 0. The normalized spacial score (nSPS) is 30.3. The van der Waals surface area contributed by atoms with Crippen LogP contribution in [0.1, 0.15) is 46.0 Å². The second kappa shape index (κ2) is 9.84. The van der Waals surface area contributed by atoms with Gasteiger partial charge < -0.3 is 20.1 Å². The zero-order valence-corrected chi connectivity index (χ0v) is 15.6. The van der Waals surface area contributed by atoms with Crippen LogP contribution >= 0.6 is 24.0 Å². The van der Waals surface area contributed by atoms with Gasteiger partial charge in [0.25, 0.3) is 0 Å². The average molecular weight is 411 g/mol. The summed E-state index contributed by atoms with van der Waals surface area (Å²) in [5.74, 6) is 0.670. The molecular formula is C15H30IN3O2. The number of hydrogen-bond acceptors (Lipinski definition) is 3. The highest BCUT2D eigenvalue weighted by Crippen LogP contribution is 2.17. The Morgan fingerprint density at radius 2 is 1.86 bits per heavy atom. The van der Waals surface area contributed by atoms with E-state index in [2.05, 4.69) is 23.7 Å². The Kier molecular flexibility index (Phi) is 8.89. The molecule has 2 fully saturated rings.